The predicted molar refractivity (Wildman–Crippen MR) is 108 cm³/mol. The van der Waals surface area contributed by atoms with Crippen LogP contribution in [0.3, 0.4) is 0 Å². The Morgan fingerprint density at radius 3 is 2.86 bits per heavy atom. The van der Waals surface area contributed by atoms with Gasteiger partial charge in [0, 0.05) is 24.2 Å². The van der Waals surface area contributed by atoms with Crippen LogP contribution in [-0.2, 0) is 11.0 Å². The molecule has 1 fully saturated rings. The van der Waals surface area contributed by atoms with E-state index in [1.165, 1.54) is 18.8 Å². The molecule has 0 saturated carbocycles. The monoisotopic (exact) mass is 444 g/mol. The number of aromatic nitrogens is 2. The number of amides is 1. The van der Waals surface area contributed by atoms with Crippen LogP contribution in [0.4, 0.5) is 24.7 Å². The smallest absolute Gasteiger partial charge is 0.356 e. The lowest BCUT2D eigenvalue weighted by Gasteiger charge is -2.31. The van der Waals surface area contributed by atoms with Crippen LogP contribution in [0.2, 0.25) is 5.02 Å². The Morgan fingerprint density at radius 1 is 1.34 bits per heavy atom. The lowest BCUT2D eigenvalue weighted by Crippen LogP contribution is -2.34. The molecular weight excluding hydrogens is 425 g/mol. The SMILES string of the molecule is CC1CCCN(c2cc(SCC(=O)Nc3ccc(Cl)cc3C(F)(F)F)ncn2)C1. The van der Waals surface area contributed by atoms with Crippen molar-refractivity contribution in [3.8, 4) is 0 Å². The maximum Gasteiger partial charge on any atom is 0.418 e. The van der Waals surface area contributed by atoms with Crippen molar-refractivity contribution in [1.29, 1.82) is 0 Å². The summed E-state index contributed by atoms with van der Waals surface area (Å²) in [5.41, 5.74) is -1.30. The van der Waals surface area contributed by atoms with Gasteiger partial charge in [0.2, 0.25) is 5.91 Å². The first kappa shape index (κ1) is 21.7. The van der Waals surface area contributed by atoms with Crippen LogP contribution in [0, 0.1) is 5.92 Å². The molecule has 1 unspecified atom stereocenters. The minimum Gasteiger partial charge on any atom is -0.356 e. The minimum atomic E-state index is -4.62. The molecule has 0 aliphatic carbocycles. The van der Waals surface area contributed by atoms with Crippen molar-refractivity contribution in [2.45, 2.75) is 31.0 Å². The molecule has 1 aromatic carbocycles. The summed E-state index contributed by atoms with van der Waals surface area (Å²) in [7, 11) is 0. The van der Waals surface area contributed by atoms with Crippen LogP contribution in [0.25, 0.3) is 0 Å². The molecule has 3 rings (SSSR count). The summed E-state index contributed by atoms with van der Waals surface area (Å²) in [6.45, 7) is 4.03. The number of halogens is 4. The van der Waals surface area contributed by atoms with Crippen molar-refractivity contribution in [3.63, 3.8) is 0 Å². The maximum atomic E-state index is 13.1. The van der Waals surface area contributed by atoms with Crippen molar-refractivity contribution < 1.29 is 18.0 Å². The van der Waals surface area contributed by atoms with Gasteiger partial charge in [0.05, 0.1) is 17.0 Å². The molecule has 156 valence electrons. The summed E-state index contributed by atoms with van der Waals surface area (Å²) in [4.78, 5) is 22.8. The molecule has 1 saturated heterocycles. The number of thioether (sulfide) groups is 1. The quantitative estimate of drug-likeness (QED) is 0.512. The van der Waals surface area contributed by atoms with E-state index in [4.69, 9.17) is 11.6 Å². The van der Waals surface area contributed by atoms with Crippen molar-refractivity contribution in [2.24, 2.45) is 5.92 Å². The number of benzene rings is 1. The van der Waals surface area contributed by atoms with Crippen LogP contribution >= 0.6 is 23.4 Å². The van der Waals surface area contributed by atoms with E-state index in [0.717, 1.165) is 49.2 Å². The molecule has 0 spiro atoms. The van der Waals surface area contributed by atoms with Gasteiger partial charge in [-0.25, -0.2) is 9.97 Å². The fourth-order valence-electron chi connectivity index (χ4n) is 3.17. The normalized spacial score (nSPS) is 17.3. The highest BCUT2D eigenvalue weighted by Crippen LogP contribution is 2.36. The Balaban J connectivity index is 1.62. The van der Waals surface area contributed by atoms with E-state index >= 15 is 0 Å². The number of alkyl halides is 3. The Bertz CT molecular complexity index is 881. The topological polar surface area (TPSA) is 58.1 Å². The molecule has 1 atom stereocenters. The summed E-state index contributed by atoms with van der Waals surface area (Å²) < 4.78 is 39.4. The highest BCUT2D eigenvalue weighted by atomic mass is 35.5. The molecule has 0 radical (unpaired) electrons. The third-order valence-corrected chi connectivity index (χ3v) is 5.68. The number of hydrogen-bond acceptors (Lipinski definition) is 5. The summed E-state index contributed by atoms with van der Waals surface area (Å²) in [5.74, 6) is 0.746. The van der Waals surface area contributed by atoms with Crippen molar-refractivity contribution in [3.05, 3.63) is 41.2 Å². The Labute approximate surface area is 176 Å². The van der Waals surface area contributed by atoms with E-state index in [2.05, 4.69) is 27.1 Å². The molecular formula is C19H20ClF3N4OS. The van der Waals surface area contributed by atoms with Gasteiger partial charge in [-0.05, 0) is 37.0 Å². The van der Waals surface area contributed by atoms with E-state index in [0.29, 0.717) is 10.9 Å². The summed E-state index contributed by atoms with van der Waals surface area (Å²) in [5, 5.41) is 2.85. The fraction of sp³-hybridized carbons (Fsp3) is 0.421. The third-order valence-electron chi connectivity index (χ3n) is 4.52. The van der Waals surface area contributed by atoms with Gasteiger partial charge in [0.1, 0.15) is 17.2 Å². The van der Waals surface area contributed by atoms with Crippen LogP contribution < -0.4 is 10.2 Å². The minimum absolute atomic E-state index is 0.0507. The second-order valence-corrected chi connectivity index (χ2v) is 8.36. The molecule has 29 heavy (non-hydrogen) atoms. The van der Waals surface area contributed by atoms with Crippen LogP contribution in [0.1, 0.15) is 25.3 Å². The van der Waals surface area contributed by atoms with Gasteiger partial charge in [0.15, 0.2) is 0 Å². The average Bonchev–Trinajstić information content (AvgIpc) is 2.67. The highest BCUT2D eigenvalue weighted by molar-refractivity contribution is 7.99. The van der Waals surface area contributed by atoms with Gasteiger partial charge in [-0.2, -0.15) is 13.2 Å². The Morgan fingerprint density at radius 2 is 2.14 bits per heavy atom. The van der Waals surface area contributed by atoms with E-state index < -0.39 is 17.6 Å². The van der Waals surface area contributed by atoms with E-state index in [-0.39, 0.29) is 16.5 Å². The first-order valence-corrected chi connectivity index (χ1v) is 10.4. The summed E-state index contributed by atoms with van der Waals surface area (Å²) >= 11 is 6.80. The maximum absolute atomic E-state index is 13.1. The average molecular weight is 445 g/mol. The lowest BCUT2D eigenvalue weighted by molar-refractivity contribution is -0.137. The van der Waals surface area contributed by atoms with E-state index in [1.807, 2.05) is 0 Å². The van der Waals surface area contributed by atoms with Crippen molar-refractivity contribution in [2.75, 3.05) is 29.1 Å². The van der Waals surface area contributed by atoms with Crippen molar-refractivity contribution >= 4 is 40.8 Å². The molecule has 2 aromatic rings. The number of hydrogen-bond donors (Lipinski definition) is 1. The third kappa shape index (κ3) is 5.99. The van der Waals surface area contributed by atoms with Gasteiger partial charge in [-0.1, -0.05) is 30.3 Å². The van der Waals surface area contributed by atoms with E-state index in [1.54, 1.807) is 6.07 Å². The predicted octanol–water partition coefficient (Wildman–Crippen LogP) is 5.12. The first-order valence-electron chi connectivity index (χ1n) is 9.09. The zero-order valence-electron chi connectivity index (χ0n) is 15.7. The second kappa shape index (κ2) is 9.21. The molecule has 1 aliphatic heterocycles. The number of anilines is 2. The van der Waals surface area contributed by atoms with Gasteiger partial charge >= 0.3 is 6.18 Å². The van der Waals surface area contributed by atoms with Crippen LogP contribution in [-0.4, -0.2) is 34.7 Å². The molecule has 1 amide bonds. The van der Waals surface area contributed by atoms with Crippen molar-refractivity contribution in [1.82, 2.24) is 9.97 Å². The standard InChI is InChI=1S/C19H20ClF3N4OS/c1-12-3-2-6-27(9-12)16-8-18(25-11-24-16)29-10-17(28)26-15-5-4-13(20)7-14(15)19(21,22)23/h4-5,7-8,11-12H,2-3,6,9-10H2,1H3,(H,26,28). The molecule has 1 aromatic heterocycles. The molecule has 1 N–H and O–H groups in total. The van der Waals surface area contributed by atoms with Gasteiger partial charge in [-0.15, -0.1) is 0 Å². The van der Waals surface area contributed by atoms with Crippen LogP contribution in [0.15, 0.2) is 35.6 Å². The first-order chi connectivity index (χ1) is 13.7. The fourth-order valence-corrected chi connectivity index (χ4v) is 4.00. The van der Waals surface area contributed by atoms with Gasteiger partial charge in [0.25, 0.3) is 0 Å². The second-order valence-electron chi connectivity index (χ2n) is 6.93. The molecule has 10 heteroatoms. The number of piperidine rings is 1. The molecule has 5 nitrogen and oxygen atoms in total. The number of carbonyl (C=O) groups excluding carboxylic acids is 1. The lowest BCUT2D eigenvalue weighted by atomic mass is 10.0. The molecule has 0 bridgehead atoms. The number of carbonyl (C=O) groups is 1. The number of nitrogens with one attached hydrogen (secondary N) is 1. The van der Waals surface area contributed by atoms with Gasteiger partial charge < -0.3 is 10.2 Å². The molecule has 2 heterocycles. The number of nitrogens with zero attached hydrogens (tertiary/aromatic N) is 3. The van der Waals surface area contributed by atoms with Gasteiger partial charge in [-0.3, -0.25) is 4.79 Å². The molecule has 1 aliphatic rings. The Hall–Kier alpha value is -2.00. The summed E-state index contributed by atoms with van der Waals surface area (Å²) in [6.07, 6.45) is -0.893. The summed E-state index contributed by atoms with van der Waals surface area (Å²) in [6, 6.07) is 5.05. The number of rotatable bonds is 5. The zero-order valence-corrected chi connectivity index (χ0v) is 17.2. The van der Waals surface area contributed by atoms with Crippen LogP contribution in [0.5, 0.6) is 0 Å². The zero-order chi connectivity index (χ0) is 21.0. The van der Waals surface area contributed by atoms with E-state index in [9.17, 15) is 18.0 Å². The highest BCUT2D eigenvalue weighted by Gasteiger charge is 2.34. The largest absolute Gasteiger partial charge is 0.418 e. The Kier molecular flexibility index (Phi) is 6.89.